The van der Waals surface area contributed by atoms with Gasteiger partial charge in [0.05, 0.1) is 24.9 Å². The van der Waals surface area contributed by atoms with Crippen LogP contribution in [0.5, 0.6) is 0 Å². The van der Waals surface area contributed by atoms with Gasteiger partial charge in [0.25, 0.3) is 0 Å². The number of nitrogens with zero attached hydrogens (tertiary/aromatic N) is 1. The second-order valence-corrected chi connectivity index (χ2v) is 8.40. The van der Waals surface area contributed by atoms with E-state index in [2.05, 4.69) is 21.7 Å². The standard InChI is InChI=1S/C19H29NO3S/c1-8-21-9-2-16(1)13-22-18-11-19(23-14-18)4-6-20(7-5-19)12-17-3-10-24-15-17/h3,10,15-16,18H,1-2,4-9,11-14H2/t18-/m1/s1. The van der Waals surface area contributed by atoms with Crippen molar-refractivity contribution in [1.29, 1.82) is 0 Å². The van der Waals surface area contributed by atoms with Crippen molar-refractivity contribution in [3.63, 3.8) is 0 Å². The molecule has 4 nitrogen and oxygen atoms in total. The zero-order valence-corrected chi connectivity index (χ0v) is 15.3. The van der Waals surface area contributed by atoms with Crippen molar-refractivity contribution >= 4 is 11.3 Å². The maximum absolute atomic E-state index is 6.24. The van der Waals surface area contributed by atoms with Crippen LogP contribution in [0.25, 0.3) is 0 Å². The van der Waals surface area contributed by atoms with E-state index in [4.69, 9.17) is 14.2 Å². The fraction of sp³-hybridized carbons (Fsp3) is 0.789. The van der Waals surface area contributed by atoms with Crippen LogP contribution in [0.4, 0.5) is 0 Å². The molecule has 0 unspecified atom stereocenters. The molecule has 24 heavy (non-hydrogen) atoms. The Bertz CT molecular complexity index is 493. The number of rotatable bonds is 5. The molecule has 0 N–H and O–H groups in total. The van der Waals surface area contributed by atoms with E-state index < -0.39 is 0 Å². The lowest BCUT2D eigenvalue weighted by atomic mass is 9.88. The quantitative estimate of drug-likeness (QED) is 0.814. The van der Waals surface area contributed by atoms with Crippen molar-refractivity contribution in [3.05, 3.63) is 22.4 Å². The zero-order valence-electron chi connectivity index (χ0n) is 14.5. The Morgan fingerprint density at radius 3 is 2.83 bits per heavy atom. The van der Waals surface area contributed by atoms with E-state index in [0.29, 0.717) is 12.0 Å². The van der Waals surface area contributed by atoms with Gasteiger partial charge in [-0.1, -0.05) is 0 Å². The summed E-state index contributed by atoms with van der Waals surface area (Å²) in [4.78, 5) is 2.56. The molecule has 0 aliphatic carbocycles. The predicted molar refractivity (Wildman–Crippen MR) is 95.4 cm³/mol. The van der Waals surface area contributed by atoms with Crippen molar-refractivity contribution in [2.24, 2.45) is 5.92 Å². The van der Waals surface area contributed by atoms with E-state index in [9.17, 15) is 0 Å². The molecule has 0 saturated carbocycles. The third-order valence-electron chi connectivity index (χ3n) is 5.84. The summed E-state index contributed by atoms with van der Waals surface area (Å²) in [7, 11) is 0. The first-order valence-corrected chi connectivity index (χ1v) is 10.3. The molecule has 3 saturated heterocycles. The fourth-order valence-corrected chi connectivity index (χ4v) is 4.86. The lowest BCUT2D eigenvalue weighted by Gasteiger charge is -2.38. The number of thiophene rings is 1. The number of piperidine rings is 1. The number of hydrogen-bond acceptors (Lipinski definition) is 5. The largest absolute Gasteiger partial charge is 0.381 e. The first-order chi connectivity index (χ1) is 11.8. The lowest BCUT2D eigenvalue weighted by Crippen LogP contribution is -2.43. The van der Waals surface area contributed by atoms with Crippen molar-refractivity contribution in [1.82, 2.24) is 4.90 Å². The highest BCUT2D eigenvalue weighted by Crippen LogP contribution is 2.37. The third kappa shape index (κ3) is 4.20. The second-order valence-electron chi connectivity index (χ2n) is 7.62. The molecule has 0 bridgehead atoms. The Morgan fingerprint density at radius 2 is 2.08 bits per heavy atom. The van der Waals surface area contributed by atoms with Crippen molar-refractivity contribution in [2.75, 3.05) is 39.5 Å². The highest BCUT2D eigenvalue weighted by atomic mass is 32.1. The Labute approximate surface area is 149 Å². The van der Waals surface area contributed by atoms with E-state index in [-0.39, 0.29) is 5.60 Å². The van der Waals surface area contributed by atoms with Crippen LogP contribution < -0.4 is 0 Å². The number of likely N-dealkylation sites (tertiary alicyclic amines) is 1. The minimum absolute atomic E-state index is 0.0888. The van der Waals surface area contributed by atoms with Crippen LogP contribution in [0.3, 0.4) is 0 Å². The summed E-state index contributed by atoms with van der Waals surface area (Å²) < 4.78 is 17.9. The van der Waals surface area contributed by atoms with Crippen LogP contribution in [-0.2, 0) is 20.8 Å². The van der Waals surface area contributed by atoms with Gasteiger partial charge in [-0.05, 0) is 54.0 Å². The Morgan fingerprint density at radius 1 is 1.25 bits per heavy atom. The van der Waals surface area contributed by atoms with Crippen LogP contribution in [0.1, 0.15) is 37.7 Å². The van der Waals surface area contributed by atoms with Crippen LogP contribution in [0.15, 0.2) is 16.8 Å². The molecule has 5 heteroatoms. The van der Waals surface area contributed by atoms with E-state index in [1.165, 1.54) is 5.56 Å². The molecule has 4 heterocycles. The summed E-state index contributed by atoms with van der Waals surface area (Å²) in [6.07, 6.45) is 5.98. The molecule has 1 spiro atoms. The van der Waals surface area contributed by atoms with Gasteiger partial charge in [-0.3, -0.25) is 4.90 Å². The van der Waals surface area contributed by atoms with E-state index in [0.717, 1.165) is 78.2 Å². The van der Waals surface area contributed by atoms with Gasteiger partial charge >= 0.3 is 0 Å². The Kier molecular flexibility index (Phi) is 5.54. The van der Waals surface area contributed by atoms with Gasteiger partial charge in [0.2, 0.25) is 0 Å². The van der Waals surface area contributed by atoms with E-state index in [1.807, 2.05) is 0 Å². The molecule has 1 atom stereocenters. The predicted octanol–water partition coefficient (Wildman–Crippen LogP) is 3.31. The summed E-state index contributed by atoms with van der Waals surface area (Å²) in [5.74, 6) is 0.683. The van der Waals surface area contributed by atoms with Gasteiger partial charge in [-0.2, -0.15) is 11.3 Å². The molecule has 1 aromatic rings. The van der Waals surface area contributed by atoms with Crippen molar-refractivity contribution in [2.45, 2.75) is 50.4 Å². The normalized spacial score (nSPS) is 28.6. The molecular formula is C19H29NO3S. The maximum atomic E-state index is 6.24. The second kappa shape index (κ2) is 7.83. The van der Waals surface area contributed by atoms with Gasteiger partial charge in [0, 0.05) is 39.3 Å². The fourth-order valence-electron chi connectivity index (χ4n) is 4.20. The molecule has 4 rings (SSSR count). The molecule has 1 aromatic heterocycles. The van der Waals surface area contributed by atoms with Crippen molar-refractivity contribution in [3.8, 4) is 0 Å². The Hall–Kier alpha value is -0.460. The van der Waals surface area contributed by atoms with Crippen LogP contribution in [0.2, 0.25) is 0 Å². The molecule has 3 aliphatic rings. The topological polar surface area (TPSA) is 30.9 Å². The highest BCUT2D eigenvalue weighted by Gasteiger charge is 2.43. The molecule has 3 fully saturated rings. The van der Waals surface area contributed by atoms with Gasteiger partial charge in [0.15, 0.2) is 0 Å². The smallest absolute Gasteiger partial charge is 0.0836 e. The summed E-state index contributed by atoms with van der Waals surface area (Å²) in [5, 5.41) is 4.43. The Balaban J connectivity index is 1.20. The summed E-state index contributed by atoms with van der Waals surface area (Å²) in [6, 6.07) is 2.24. The molecular weight excluding hydrogens is 322 g/mol. The monoisotopic (exact) mass is 351 g/mol. The van der Waals surface area contributed by atoms with Gasteiger partial charge < -0.3 is 14.2 Å². The average molecular weight is 352 g/mol. The van der Waals surface area contributed by atoms with Crippen LogP contribution in [0, 0.1) is 5.92 Å². The first kappa shape index (κ1) is 17.0. The minimum Gasteiger partial charge on any atom is -0.381 e. The third-order valence-corrected chi connectivity index (χ3v) is 6.57. The highest BCUT2D eigenvalue weighted by molar-refractivity contribution is 7.07. The number of ether oxygens (including phenoxy) is 3. The van der Waals surface area contributed by atoms with E-state index >= 15 is 0 Å². The molecule has 0 aromatic carbocycles. The molecule has 0 amide bonds. The van der Waals surface area contributed by atoms with Crippen LogP contribution >= 0.6 is 11.3 Å². The summed E-state index contributed by atoms with van der Waals surface area (Å²) in [6.45, 7) is 6.85. The molecule has 134 valence electrons. The van der Waals surface area contributed by atoms with Gasteiger partial charge in [-0.25, -0.2) is 0 Å². The lowest BCUT2D eigenvalue weighted by molar-refractivity contribution is -0.0479. The molecule has 0 radical (unpaired) electrons. The number of hydrogen-bond donors (Lipinski definition) is 0. The van der Waals surface area contributed by atoms with Gasteiger partial charge in [0.1, 0.15) is 0 Å². The van der Waals surface area contributed by atoms with Gasteiger partial charge in [-0.15, -0.1) is 0 Å². The average Bonchev–Trinajstić information content (AvgIpc) is 3.27. The summed E-state index contributed by atoms with van der Waals surface area (Å²) >= 11 is 1.79. The SMILES string of the molecule is c1cc(CN2CCC3(CC2)C[C@@H](OCC2CCOCC2)CO3)cs1. The summed E-state index contributed by atoms with van der Waals surface area (Å²) in [5.41, 5.74) is 1.53. The van der Waals surface area contributed by atoms with Crippen molar-refractivity contribution < 1.29 is 14.2 Å². The molecule has 3 aliphatic heterocycles. The first-order valence-electron chi connectivity index (χ1n) is 9.38. The maximum Gasteiger partial charge on any atom is 0.0836 e. The van der Waals surface area contributed by atoms with Crippen LogP contribution in [-0.4, -0.2) is 56.1 Å². The zero-order chi connectivity index (χ0) is 16.2. The minimum atomic E-state index is 0.0888. The van der Waals surface area contributed by atoms with E-state index in [1.54, 1.807) is 11.3 Å².